The minimum Gasteiger partial charge on any atom is -0.303 e. The third kappa shape index (κ3) is 2.35. The zero-order valence-corrected chi connectivity index (χ0v) is 8.80. The van der Waals surface area contributed by atoms with E-state index in [2.05, 4.69) is 12.2 Å². The summed E-state index contributed by atoms with van der Waals surface area (Å²) < 4.78 is 0. The van der Waals surface area contributed by atoms with E-state index in [1.54, 1.807) is 0 Å². The smallest absolute Gasteiger partial charge is 0.128 e. The molecule has 0 N–H and O–H groups in total. The Morgan fingerprint density at radius 2 is 2.07 bits per heavy atom. The standard InChI is InChI=1S/C14H16O/c15-11-14(12-7-3-1-4-8-12)13-9-5-2-6-10-13/h1,3-5,7-9,11,13-14H,2,6,10H2/t13?,14-/m1/s1. The fraction of sp³-hybridized carbons (Fsp3) is 0.357. The number of allylic oxidation sites excluding steroid dienone is 2. The Kier molecular flexibility index (Phi) is 3.33. The molecule has 15 heavy (non-hydrogen) atoms. The molecule has 0 spiro atoms. The first kappa shape index (κ1) is 10.2. The van der Waals surface area contributed by atoms with Crippen LogP contribution in [0.5, 0.6) is 0 Å². The van der Waals surface area contributed by atoms with Gasteiger partial charge in [0.15, 0.2) is 0 Å². The second-order valence-electron chi connectivity index (χ2n) is 4.10. The van der Waals surface area contributed by atoms with Crippen LogP contribution in [0.15, 0.2) is 42.5 Å². The van der Waals surface area contributed by atoms with E-state index in [9.17, 15) is 4.79 Å². The van der Waals surface area contributed by atoms with Crippen LogP contribution in [-0.2, 0) is 4.79 Å². The summed E-state index contributed by atoms with van der Waals surface area (Å²) in [4.78, 5) is 11.2. The Bertz CT molecular complexity index is 340. The van der Waals surface area contributed by atoms with Crippen molar-refractivity contribution in [2.24, 2.45) is 5.92 Å². The van der Waals surface area contributed by atoms with E-state index in [1.807, 2.05) is 30.3 Å². The molecule has 1 aromatic carbocycles. The van der Waals surface area contributed by atoms with Crippen molar-refractivity contribution < 1.29 is 4.79 Å². The molecule has 0 saturated carbocycles. The summed E-state index contributed by atoms with van der Waals surface area (Å²) in [6, 6.07) is 10.1. The van der Waals surface area contributed by atoms with Crippen LogP contribution in [0.3, 0.4) is 0 Å². The lowest BCUT2D eigenvalue weighted by Gasteiger charge is -2.22. The second kappa shape index (κ2) is 4.92. The maximum Gasteiger partial charge on any atom is 0.128 e. The molecule has 2 rings (SSSR count). The fourth-order valence-electron chi connectivity index (χ4n) is 2.24. The van der Waals surface area contributed by atoms with Gasteiger partial charge in [-0.3, -0.25) is 0 Å². The normalized spacial score (nSPS) is 22.3. The molecule has 1 aliphatic carbocycles. The maximum absolute atomic E-state index is 11.2. The predicted molar refractivity (Wildman–Crippen MR) is 61.7 cm³/mol. The average Bonchev–Trinajstić information content (AvgIpc) is 2.33. The molecule has 0 bridgehead atoms. The molecule has 0 saturated heterocycles. The predicted octanol–water partition coefficient (Wildman–Crippen LogP) is 3.33. The van der Waals surface area contributed by atoms with Gasteiger partial charge in [-0.2, -0.15) is 0 Å². The van der Waals surface area contributed by atoms with Gasteiger partial charge in [0.05, 0.1) is 0 Å². The van der Waals surface area contributed by atoms with Crippen LogP contribution in [-0.4, -0.2) is 6.29 Å². The minimum absolute atomic E-state index is 0.0442. The minimum atomic E-state index is 0.0442. The molecule has 1 unspecified atom stereocenters. The third-order valence-corrected chi connectivity index (χ3v) is 3.08. The van der Waals surface area contributed by atoms with Gasteiger partial charge in [-0.25, -0.2) is 0 Å². The summed E-state index contributed by atoms with van der Waals surface area (Å²) in [5, 5.41) is 0. The number of benzene rings is 1. The molecule has 78 valence electrons. The Hall–Kier alpha value is -1.37. The van der Waals surface area contributed by atoms with E-state index in [0.29, 0.717) is 5.92 Å². The van der Waals surface area contributed by atoms with Crippen molar-refractivity contribution >= 4 is 6.29 Å². The quantitative estimate of drug-likeness (QED) is 0.540. The van der Waals surface area contributed by atoms with E-state index in [0.717, 1.165) is 24.7 Å². The lowest BCUT2D eigenvalue weighted by molar-refractivity contribution is -0.109. The van der Waals surface area contributed by atoms with Crippen LogP contribution < -0.4 is 0 Å². The Labute approximate surface area is 90.8 Å². The number of hydrogen-bond acceptors (Lipinski definition) is 1. The zero-order valence-electron chi connectivity index (χ0n) is 8.80. The van der Waals surface area contributed by atoms with Crippen LogP contribution >= 0.6 is 0 Å². The second-order valence-corrected chi connectivity index (χ2v) is 4.10. The van der Waals surface area contributed by atoms with Gasteiger partial charge in [0, 0.05) is 5.92 Å². The van der Waals surface area contributed by atoms with E-state index < -0.39 is 0 Å². The third-order valence-electron chi connectivity index (χ3n) is 3.08. The molecule has 0 heterocycles. The van der Waals surface area contributed by atoms with Gasteiger partial charge < -0.3 is 4.79 Å². The lowest BCUT2D eigenvalue weighted by Crippen LogP contribution is -2.14. The van der Waals surface area contributed by atoms with Crippen molar-refractivity contribution in [3.05, 3.63) is 48.0 Å². The maximum atomic E-state index is 11.2. The van der Waals surface area contributed by atoms with Crippen LogP contribution in [0.4, 0.5) is 0 Å². The van der Waals surface area contributed by atoms with Crippen LogP contribution in [0.25, 0.3) is 0 Å². The Morgan fingerprint density at radius 1 is 1.27 bits per heavy atom. The van der Waals surface area contributed by atoms with Gasteiger partial charge in [0.25, 0.3) is 0 Å². The number of aldehydes is 1. The highest BCUT2D eigenvalue weighted by molar-refractivity contribution is 5.63. The van der Waals surface area contributed by atoms with Crippen LogP contribution in [0, 0.1) is 5.92 Å². The zero-order chi connectivity index (χ0) is 10.5. The summed E-state index contributed by atoms with van der Waals surface area (Å²) >= 11 is 0. The van der Waals surface area contributed by atoms with Gasteiger partial charge in [-0.05, 0) is 30.7 Å². The molecule has 1 heteroatoms. The average molecular weight is 200 g/mol. The van der Waals surface area contributed by atoms with Crippen molar-refractivity contribution in [1.29, 1.82) is 0 Å². The van der Waals surface area contributed by atoms with Gasteiger partial charge >= 0.3 is 0 Å². The first-order chi connectivity index (χ1) is 7.42. The monoisotopic (exact) mass is 200 g/mol. The summed E-state index contributed by atoms with van der Waals surface area (Å²) in [6.45, 7) is 0. The first-order valence-corrected chi connectivity index (χ1v) is 5.58. The van der Waals surface area contributed by atoms with Gasteiger partial charge in [0.2, 0.25) is 0 Å². The molecule has 0 radical (unpaired) electrons. The highest BCUT2D eigenvalue weighted by Crippen LogP contribution is 2.30. The molecule has 1 aliphatic rings. The SMILES string of the molecule is O=C[C@H](c1ccccc1)C1C=CCCC1. The molecule has 1 nitrogen and oxygen atoms in total. The van der Waals surface area contributed by atoms with Crippen molar-refractivity contribution in [2.75, 3.05) is 0 Å². The topological polar surface area (TPSA) is 17.1 Å². The van der Waals surface area contributed by atoms with E-state index in [1.165, 1.54) is 6.42 Å². The van der Waals surface area contributed by atoms with E-state index >= 15 is 0 Å². The van der Waals surface area contributed by atoms with E-state index in [4.69, 9.17) is 0 Å². The van der Waals surface area contributed by atoms with Crippen molar-refractivity contribution in [3.63, 3.8) is 0 Å². The Balaban J connectivity index is 2.20. The number of carbonyl (C=O) groups excluding carboxylic acids is 1. The molecule has 0 amide bonds. The van der Waals surface area contributed by atoms with Gasteiger partial charge in [-0.15, -0.1) is 0 Å². The van der Waals surface area contributed by atoms with Crippen molar-refractivity contribution in [3.8, 4) is 0 Å². The van der Waals surface area contributed by atoms with Crippen LogP contribution in [0.2, 0.25) is 0 Å². The van der Waals surface area contributed by atoms with Crippen molar-refractivity contribution in [2.45, 2.75) is 25.2 Å². The molecule has 0 aromatic heterocycles. The highest BCUT2D eigenvalue weighted by Gasteiger charge is 2.21. The number of rotatable bonds is 3. The molecule has 1 aromatic rings. The Morgan fingerprint density at radius 3 is 2.67 bits per heavy atom. The van der Waals surface area contributed by atoms with Gasteiger partial charge in [0.1, 0.15) is 6.29 Å². The molecule has 0 fully saturated rings. The highest BCUT2D eigenvalue weighted by atomic mass is 16.1. The molecular weight excluding hydrogens is 184 g/mol. The summed E-state index contributed by atoms with van der Waals surface area (Å²) in [7, 11) is 0. The summed E-state index contributed by atoms with van der Waals surface area (Å²) in [5.41, 5.74) is 1.14. The van der Waals surface area contributed by atoms with Crippen LogP contribution in [0.1, 0.15) is 30.7 Å². The number of carbonyl (C=O) groups is 1. The molecule has 2 atom stereocenters. The van der Waals surface area contributed by atoms with Gasteiger partial charge in [-0.1, -0.05) is 42.5 Å². The van der Waals surface area contributed by atoms with E-state index in [-0.39, 0.29) is 5.92 Å². The fourth-order valence-corrected chi connectivity index (χ4v) is 2.24. The molecule has 0 aliphatic heterocycles. The first-order valence-electron chi connectivity index (χ1n) is 5.58. The summed E-state index contributed by atoms with van der Waals surface area (Å²) in [6.07, 6.45) is 9.00. The largest absolute Gasteiger partial charge is 0.303 e. The number of hydrogen-bond donors (Lipinski definition) is 0. The van der Waals surface area contributed by atoms with Crippen molar-refractivity contribution in [1.82, 2.24) is 0 Å². The lowest BCUT2D eigenvalue weighted by atomic mass is 9.81. The molecular formula is C14H16O. The summed E-state index contributed by atoms with van der Waals surface area (Å²) in [5.74, 6) is 0.446.